The Bertz CT molecular complexity index is 1130. The van der Waals surface area contributed by atoms with Crippen molar-refractivity contribution in [1.29, 1.82) is 0 Å². The molecule has 1 unspecified atom stereocenters. The molecule has 0 spiro atoms. The standard InChI is InChI=1S/C30H41N3O5/c1-18(34)23-6-7-24-22-5-4-19-14-21(35)10-12-29(19,2)28(22)25(15-30(23,24)3)38-27(37)9-8-26(36)32-13-11-20-16-31-17-33-20/h14,16-17,22-25,28H,4-13,15H2,1-3H3,(H,31,33)(H,32,36)/t22-,23+,24?,25+,28+,29-,30+/m0/s1. The smallest absolute Gasteiger partial charge is 0.306 e. The molecule has 1 heterocycles. The number of allylic oxidation sites excluding steroid dienone is 1. The number of esters is 1. The molecule has 206 valence electrons. The van der Waals surface area contributed by atoms with Gasteiger partial charge in [-0.1, -0.05) is 19.4 Å². The number of aromatic nitrogens is 2. The number of Topliss-reactive ketones (excluding diaryl/α,β-unsaturated/α-hetero) is 1. The summed E-state index contributed by atoms with van der Waals surface area (Å²) in [6.45, 7) is 6.67. The van der Waals surface area contributed by atoms with Crippen molar-refractivity contribution in [3.05, 3.63) is 29.9 Å². The predicted octanol–water partition coefficient (Wildman–Crippen LogP) is 4.11. The number of nitrogens with zero attached hydrogens (tertiary/aromatic N) is 1. The van der Waals surface area contributed by atoms with Crippen LogP contribution in [0.15, 0.2) is 24.2 Å². The SMILES string of the molecule is CC(=O)[C@H]1CCC2[C@@H]3CCC4=CC(=O)CC[C@]4(C)[C@H]3[C@H](OC(=O)CCC(=O)NCCc3cnc[nH]3)C[C@@]21C. The van der Waals surface area contributed by atoms with E-state index in [2.05, 4.69) is 29.1 Å². The average molecular weight is 524 g/mol. The summed E-state index contributed by atoms with van der Waals surface area (Å²) in [7, 11) is 0. The van der Waals surface area contributed by atoms with E-state index in [1.807, 2.05) is 6.08 Å². The molecule has 8 nitrogen and oxygen atoms in total. The van der Waals surface area contributed by atoms with Crippen molar-refractivity contribution in [2.24, 2.45) is 34.5 Å². The summed E-state index contributed by atoms with van der Waals surface area (Å²) in [4.78, 5) is 57.4. The van der Waals surface area contributed by atoms with Crippen LogP contribution in [-0.4, -0.2) is 46.1 Å². The lowest BCUT2D eigenvalue weighted by Gasteiger charge is -2.60. The molecule has 4 aliphatic rings. The molecule has 1 amide bonds. The molecule has 0 saturated heterocycles. The van der Waals surface area contributed by atoms with Crippen molar-refractivity contribution in [2.45, 2.75) is 91.1 Å². The fraction of sp³-hybridized carbons (Fsp3) is 0.700. The van der Waals surface area contributed by atoms with E-state index in [0.717, 1.165) is 37.8 Å². The van der Waals surface area contributed by atoms with Crippen LogP contribution in [-0.2, 0) is 30.3 Å². The highest BCUT2D eigenvalue weighted by Crippen LogP contribution is 2.67. The van der Waals surface area contributed by atoms with Gasteiger partial charge in [-0.3, -0.25) is 19.2 Å². The number of amides is 1. The van der Waals surface area contributed by atoms with E-state index in [-0.39, 0.29) is 65.1 Å². The van der Waals surface area contributed by atoms with Crippen molar-refractivity contribution < 1.29 is 23.9 Å². The molecule has 4 aliphatic carbocycles. The quantitative estimate of drug-likeness (QED) is 0.495. The maximum absolute atomic E-state index is 13.1. The summed E-state index contributed by atoms with van der Waals surface area (Å²) < 4.78 is 6.26. The molecule has 3 saturated carbocycles. The van der Waals surface area contributed by atoms with E-state index < -0.39 is 0 Å². The summed E-state index contributed by atoms with van der Waals surface area (Å²) in [5.74, 6) is 0.800. The van der Waals surface area contributed by atoms with Gasteiger partial charge in [0.05, 0.1) is 12.7 Å². The second-order valence-corrected chi connectivity index (χ2v) is 12.5. The Balaban J connectivity index is 1.29. The predicted molar refractivity (Wildman–Crippen MR) is 141 cm³/mol. The van der Waals surface area contributed by atoms with E-state index in [0.29, 0.717) is 37.6 Å². The lowest BCUT2D eigenvalue weighted by atomic mass is 9.46. The molecular formula is C30H41N3O5. The van der Waals surface area contributed by atoms with Crippen molar-refractivity contribution in [3.8, 4) is 0 Å². The molecule has 8 heteroatoms. The number of hydrogen-bond acceptors (Lipinski definition) is 6. The summed E-state index contributed by atoms with van der Waals surface area (Å²) in [5.41, 5.74) is 1.78. The Kier molecular flexibility index (Phi) is 7.35. The Labute approximate surface area is 224 Å². The molecule has 1 aromatic heterocycles. The highest BCUT2D eigenvalue weighted by molar-refractivity contribution is 5.91. The number of carbonyl (C=O) groups is 4. The van der Waals surface area contributed by atoms with Crippen LogP contribution < -0.4 is 5.32 Å². The molecular weight excluding hydrogens is 482 g/mol. The summed E-state index contributed by atoms with van der Waals surface area (Å²) >= 11 is 0. The monoisotopic (exact) mass is 523 g/mol. The first-order valence-corrected chi connectivity index (χ1v) is 14.3. The first kappa shape index (κ1) is 26.8. The fourth-order valence-electron chi connectivity index (χ4n) is 8.72. The van der Waals surface area contributed by atoms with E-state index >= 15 is 0 Å². The second-order valence-electron chi connectivity index (χ2n) is 12.5. The van der Waals surface area contributed by atoms with Gasteiger partial charge in [0, 0.05) is 49.5 Å². The van der Waals surface area contributed by atoms with Crippen LogP contribution in [0.3, 0.4) is 0 Å². The van der Waals surface area contributed by atoms with E-state index in [1.54, 1.807) is 19.4 Å². The molecule has 0 bridgehead atoms. The van der Waals surface area contributed by atoms with E-state index in [9.17, 15) is 19.2 Å². The summed E-state index contributed by atoms with van der Waals surface area (Å²) in [5, 5.41) is 2.86. The molecule has 38 heavy (non-hydrogen) atoms. The number of fused-ring (bicyclic) bond motifs is 5. The molecule has 7 atom stereocenters. The zero-order chi connectivity index (χ0) is 27.1. The largest absolute Gasteiger partial charge is 0.462 e. The molecule has 5 rings (SSSR count). The summed E-state index contributed by atoms with van der Waals surface area (Å²) in [6.07, 6.45) is 11.4. The van der Waals surface area contributed by atoms with E-state index in [4.69, 9.17) is 4.74 Å². The minimum Gasteiger partial charge on any atom is -0.462 e. The van der Waals surface area contributed by atoms with Crippen LogP contribution >= 0.6 is 0 Å². The molecule has 0 aromatic carbocycles. The zero-order valence-electron chi connectivity index (χ0n) is 22.9. The van der Waals surface area contributed by atoms with Crippen LogP contribution in [0.2, 0.25) is 0 Å². The molecule has 0 aliphatic heterocycles. The number of carbonyl (C=O) groups excluding carboxylic acids is 4. The van der Waals surface area contributed by atoms with Crippen molar-refractivity contribution in [1.82, 2.24) is 15.3 Å². The Morgan fingerprint density at radius 1 is 1.16 bits per heavy atom. The van der Waals surface area contributed by atoms with Gasteiger partial charge in [-0.15, -0.1) is 0 Å². The third-order valence-electron chi connectivity index (χ3n) is 10.5. The number of rotatable bonds is 8. The molecule has 1 aromatic rings. The minimum atomic E-state index is -0.358. The van der Waals surface area contributed by atoms with Gasteiger partial charge in [0.1, 0.15) is 11.9 Å². The fourth-order valence-corrected chi connectivity index (χ4v) is 8.72. The maximum Gasteiger partial charge on any atom is 0.306 e. The van der Waals surface area contributed by atoms with Crippen LogP contribution in [0.4, 0.5) is 0 Å². The normalized spacial score (nSPS) is 35.9. The Hall–Kier alpha value is -2.77. The third kappa shape index (κ3) is 4.87. The highest BCUT2D eigenvalue weighted by Gasteiger charge is 2.63. The summed E-state index contributed by atoms with van der Waals surface area (Å²) in [6, 6.07) is 0. The Morgan fingerprint density at radius 2 is 1.97 bits per heavy atom. The highest BCUT2D eigenvalue weighted by atomic mass is 16.5. The van der Waals surface area contributed by atoms with Gasteiger partial charge >= 0.3 is 5.97 Å². The maximum atomic E-state index is 13.1. The lowest BCUT2D eigenvalue weighted by Crippen LogP contribution is -2.58. The van der Waals surface area contributed by atoms with Gasteiger partial charge in [-0.05, 0) is 74.2 Å². The minimum absolute atomic E-state index is 0.00650. The van der Waals surface area contributed by atoms with Gasteiger partial charge in [0.25, 0.3) is 0 Å². The van der Waals surface area contributed by atoms with Gasteiger partial charge in [0.15, 0.2) is 5.78 Å². The zero-order valence-corrected chi connectivity index (χ0v) is 22.9. The van der Waals surface area contributed by atoms with Gasteiger partial charge < -0.3 is 15.0 Å². The number of H-pyrrole nitrogens is 1. The average Bonchev–Trinajstić information content (AvgIpc) is 3.50. The molecule has 0 radical (unpaired) electrons. The van der Waals surface area contributed by atoms with E-state index in [1.165, 1.54) is 5.57 Å². The van der Waals surface area contributed by atoms with Gasteiger partial charge in [-0.2, -0.15) is 0 Å². The Morgan fingerprint density at radius 3 is 2.71 bits per heavy atom. The number of aromatic amines is 1. The van der Waals surface area contributed by atoms with Crippen molar-refractivity contribution in [3.63, 3.8) is 0 Å². The van der Waals surface area contributed by atoms with Crippen molar-refractivity contribution >= 4 is 23.4 Å². The number of ketones is 2. The third-order valence-corrected chi connectivity index (χ3v) is 10.5. The molecule has 2 N–H and O–H groups in total. The lowest BCUT2D eigenvalue weighted by molar-refractivity contribution is -0.178. The van der Waals surface area contributed by atoms with Gasteiger partial charge in [0.2, 0.25) is 5.91 Å². The first-order valence-electron chi connectivity index (χ1n) is 14.3. The topological polar surface area (TPSA) is 118 Å². The number of imidazole rings is 1. The number of hydrogen-bond donors (Lipinski definition) is 2. The molecule has 3 fully saturated rings. The van der Waals surface area contributed by atoms with Crippen LogP contribution in [0, 0.1) is 34.5 Å². The van der Waals surface area contributed by atoms with Crippen LogP contribution in [0.1, 0.15) is 84.3 Å². The van der Waals surface area contributed by atoms with Crippen molar-refractivity contribution in [2.75, 3.05) is 6.54 Å². The van der Waals surface area contributed by atoms with Gasteiger partial charge in [-0.25, -0.2) is 4.98 Å². The van der Waals surface area contributed by atoms with Crippen LogP contribution in [0.5, 0.6) is 0 Å². The number of nitrogens with one attached hydrogen (secondary N) is 2. The first-order chi connectivity index (χ1) is 18.1. The van der Waals surface area contributed by atoms with Crippen LogP contribution in [0.25, 0.3) is 0 Å². The number of ether oxygens (including phenoxy) is 1. The second kappa shape index (κ2) is 10.4.